The molecule has 0 atom stereocenters. The molecule has 2 N–H and O–H groups in total. The van der Waals surface area contributed by atoms with E-state index < -0.39 is 0 Å². The fraction of sp³-hybridized carbons (Fsp3) is 0.375. The minimum absolute atomic E-state index is 0.246. The number of aromatic nitrogens is 1. The maximum Gasteiger partial charge on any atom is 0.116 e. The highest BCUT2D eigenvalue weighted by Crippen LogP contribution is 2.18. The largest absolute Gasteiger partial charge is 0.396 e. The highest BCUT2D eigenvalue weighted by atomic mass is 32.2. The normalized spacial score (nSPS) is 10.1. The number of H-pyrrole nitrogens is 1. The first kappa shape index (κ1) is 9.77. The topological polar surface area (TPSA) is 36.0 Å². The zero-order valence-corrected chi connectivity index (χ0v) is 8.25. The Kier molecular flexibility index (Phi) is 4.35. The molecule has 0 amide bonds. The molecule has 0 saturated carbocycles. The quantitative estimate of drug-likeness (QED) is 0.445. The molecule has 0 spiro atoms. The van der Waals surface area contributed by atoms with Crippen LogP contribution in [0.15, 0.2) is 23.2 Å². The number of pyridine rings is 1. The van der Waals surface area contributed by atoms with Crippen molar-refractivity contribution in [2.45, 2.75) is 11.3 Å². The minimum atomic E-state index is 0.246. The van der Waals surface area contributed by atoms with Gasteiger partial charge in [-0.05, 0) is 18.6 Å². The molecule has 2 nitrogen and oxygen atoms in total. The molecule has 0 bridgehead atoms. The van der Waals surface area contributed by atoms with Gasteiger partial charge >= 0.3 is 0 Å². The molecule has 0 aromatic carbocycles. The van der Waals surface area contributed by atoms with Crippen LogP contribution in [0.1, 0.15) is 6.42 Å². The van der Waals surface area contributed by atoms with Crippen LogP contribution >= 0.6 is 24.0 Å². The molecule has 4 heteroatoms. The van der Waals surface area contributed by atoms with Crippen molar-refractivity contribution >= 4 is 24.0 Å². The first-order valence-electron chi connectivity index (χ1n) is 3.76. The van der Waals surface area contributed by atoms with Gasteiger partial charge in [0, 0.05) is 23.5 Å². The Balaban J connectivity index is 2.52. The molecule has 1 rings (SSSR count). The van der Waals surface area contributed by atoms with Gasteiger partial charge in [-0.3, -0.25) is 0 Å². The van der Waals surface area contributed by atoms with Crippen LogP contribution in [0.5, 0.6) is 0 Å². The average Bonchev–Trinajstić information content (AvgIpc) is 2.09. The van der Waals surface area contributed by atoms with Gasteiger partial charge in [0.25, 0.3) is 0 Å². The van der Waals surface area contributed by atoms with Crippen LogP contribution in [0.3, 0.4) is 0 Å². The van der Waals surface area contributed by atoms with Gasteiger partial charge in [-0.2, -0.15) is 0 Å². The van der Waals surface area contributed by atoms with E-state index >= 15 is 0 Å². The van der Waals surface area contributed by atoms with E-state index in [1.54, 1.807) is 11.8 Å². The van der Waals surface area contributed by atoms with E-state index in [1.165, 1.54) is 0 Å². The number of aliphatic hydroxyl groups is 1. The molecule has 1 aromatic rings. The first-order valence-corrected chi connectivity index (χ1v) is 5.15. The summed E-state index contributed by atoms with van der Waals surface area (Å²) in [5.41, 5.74) is 0. The predicted molar refractivity (Wildman–Crippen MR) is 54.1 cm³/mol. The third-order valence-electron chi connectivity index (χ3n) is 1.34. The van der Waals surface area contributed by atoms with E-state index in [0.29, 0.717) is 0 Å². The van der Waals surface area contributed by atoms with Crippen LogP contribution in [0.2, 0.25) is 0 Å². The molecule has 0 saturated heterocycles. The fourth-order valence-corrected chi connectivity index (χ4v) is 1.94. The summed E-state index contributed by atoms with van der Waals surface area (Å²) >= 11 is 6.74. The molecule has 0 radical (unpaired) electrons. The molecule has 1 heterocycles. The summed E-state index contributed by atoms with van der Waals surface area (Å²) in [5, 5.41) is 8.57. The van der Waals surface area contributed by atoms with Crippen LogP contribution < -0.4 is 0 Å². The second-order valence-corrected chi connectivity index (χ2v) is 3.83. The lowest BCUT2D eigenvalue weighted by atomic mass is 10.5. The molecule has 12 heavy (non-hydrogen) atoms. The highest BCUT2D eigenvalue weighted by Gasteiger charge is 1.94. The number of aliphatic hydroxyl groups excluding tert-OH is 1. The summed E-state index contributed by atoms with van der Waals surface area (Å²) in [4.78, 5) is 4.04. The van der Waals surface area contributed by atoms with Crippen molar-refractivity contribution < 1.29 is 5.11 Å². The van der Waals surface area contributed by atoms with Crippen molar-refractivity contribution in [1.82, 2.24) is 4.98 Å². The van der Waals surface area contributed by atoms with Crippen molar-refractivity contribution in [3.63, 3.8) is 0 Å². The summed E-state index contributed by atoms with van der Waals surface area (Å²) in [6, 6.07) is 3.91. The lowest BCUT2D eigenvalue weighted by Gasteiger charge is -1.98. The fourth-order valence-electron chi connectivity index (χ4n) is 0.766. The van der Waals surface area contributed by atoms with E-state index in [9.17, 15) is 0 Å². The standard InChI is InChI=1S/C8H11NOS2/c10-5-2-6-12-7-3-1-4-9-8(7)11/h1,3-4,10H,2,5-6H2,(H,9,11). The number of hydrogen-bond donors (Lipinski definition) is 2. The Bertz CT molecular complexity index is 284. The average molecular weight is 201 g/mol. The SMILES string of the molecule is OCCCSc1ccc[nH]c1=S. The lowest BCUT2D eigenvalue weighted by Crippen LogP contribution is -1.86. The van der Waals surface area contributed by atoms with Crippen molar-refractivity contribution in [1.29, 1.82) is 0 Å². The number of hydrogen-bond acceptors (Lipinski definition) is 3. The van der Waals surface area contributed by atoms with Gasteiger partial charge in [-0.15, -0.1) is 11.8 Å². The Morgan fingerprint density at radius 1 is 1.58 bits per heavy atom. The maximum atomic E-state index is 8.57. The summed E-state index contributed by atoms with van der Waals surface area (Å²) in [7, 11) is 0. The van der Waals surface area contributed by atoms with Gasteiger partial charge in [-0.1, -0.05) is 12.2 Å². The van der Waals surface area contributed by atoms with Crippen LogP contribution in [0.25, 0.3) is 0 Å². The van der Waals surface area contributed by atoms with Crippen molar-refractivity contribution in [2.24, 2.45) is 0 Å². The van der Waals surface area contributed by atoms with Gasteiger partial charge < -0.3 is 10.1 Å². The molecule has 0 fully saturated rings. The van der Waals surface area contributed by atoms with E-state index in [4.69, 9.17) is 17.3 Å². The Hall–Kier alpha value is -0.320. The van der Waals surface area contributed by atoms with Gasteiger partial charge in [0.2, 0.25) is 0 Å². The van der Waals surface area contributed by atoms with Crippen LogP contribution in [-0.2, 0) is 0 Å². The van der Waals surface area contributed by atoms with Crippen LogP contribution in [0, 0.1) is 4.64 Å². The summed E-state index contributed by atoms with van der Waals surface area (Å²) in [5.74, 6) is 0.915. The monoisotopic (exact) mass is 201 g/mol. The molecule has 66 valence electrons. The molecular weight excluding hydrogens is 190 g/mol. The highest BCUT2D eigenvalue weighted by molar-refractivity contribution is 7.99. The summed E-state index contributed by atoms with van der Waals surface area (Å²) in [6.07, 6.45) is 2.63. The van der Waals surface area contributed by atoms with E-state index in [1.807, 2.05) is 18.3 Å². The van der Waals surface area contributed by atoms with E-state index in [-0.39, 0.29) is 6.61 Å². The first-order chi connectivity index (χ1) is 5.84. The zero-order chi connectivity index (χ0) is 8.81. The minimum Gasteiger partial charge on any atom is -0.396 e. The van der Waals surface area contributed by atoms with E-state index in [0.717, 1.165) is 21.7 Å². The molecule has 0 unspecified atom stereocenters. The zero-order valence-electron chi connectivity index (χ0n) is 6.62. The Labute approximate surface area is 81.0 Å². The third kappa shape index (κ3) is 2.97. The van der Waals surface area contributed by atoms with E-state index in [2.05, 4.69) is 4.98 Å². The van der Waals surface area contributed by atoms with Crippen molar-refractivity contribution in [3.8, 4) is 0 Å². The predicted octanol–water partition coefficient (Wildman–Crippen LogP) is 2.22. The number of aromatic amines is 1. The Morgan fingerprint density at radius 2 is 2.42 bits per heavy atom. The lowest BCUT2D eigenvalue weighted by molar-refractivity contribution is 0.296. The summed E-state index contributed by atoms with van der Waals surface area (Å²) in [6.45, 7) is 0.246. The smallest absolute Gasteiger partial charge is 0.116 e. The second kappa shape index (κ2) is 5.35. The number of thioether (sulfide) groups is 1. The van der Waals surface area contributed by atoms with Gasteiger partial charge in [-0.25, -0.2) is 0 Å². The molecule has 0 aliphatic rings. The molecule has 1 aromatic heterocycles. The second-order valence-electron chi connectivity index (χ2n) is 2.29. The van der Waals surface area contributed by atoms with Gasteiger partial charge in [0.05, 0.1) is 0 Å². The van der Waals surface area contributed by atoms with Crippen molar-refractivity contribution in [3.05, 3.63) is 23.0 Å². The van der Waals surface area contributed by atoms with Gasteiger partial charge in [0.15, 0.2) is 0 Å². The van der Waals surface area contributed by atoms with Crippen molar-refractivity contribution in [2.75, 3.05) is 12.4 Å². The summed E-state index contributed by atoms with van der Waals surface area (Å²) < 4.78 is 0.778. The number of nitrogens with one attached hydrogen (secondary N) is 1. The van der Waals surface area contributed by atoms with Crippen LogP contribution in [0.4, 0.5) is 0 Å². The maximum absolute atomic E-state index is 8.57. The Morgan fingerprint density at radius 3 is 3.08 bits per heavy atom. The molecule has 0 aliphatic heterocycles. The molecule has 0 aliphatic carbocycles. The van der Waals surface area contributed by atoms with Crippen LogP contribution in [-0.4, -0.2) is 22.5 Å². The van der Waals surface area contributed by atoms with Gasteiger partial charge in [0.1, 0.15) is 4.64 Å². The third-order valence-corrected chi connectivity index (χ3v) is 2.95. The number of rotatable bonds is 4. The molecular formula is C8H11NOS2.